The minimum atomic E-state index is -1.43. The third kappa shape index (κ3) is 4.87. The molecule has 0 aliphatic heterocycles. The molecule has 0 aromatic heterocycles. The predicted octanol–water partition coefficient (Wildman–Crippen LogP) is 4.57. The molecule has 15 heavy (non-hydrogen) atoms. The fourth-order valence-corrected chi connectivity index (χ4v) is 3.03. The highest BCUT2D eigenvalue weighted by atomic mass is 28.4. The number of allylic oxidation sites excluding steroid dienone is 2. The molecule has 0 saturated carbocycles. The van der Waals surface area contributed by atoms with Crippen LogP contribution in [0.2, 0.25) is 19.6 Å². The minimum Gasteiger partial charge on any atom is -0.548 e. The predicted molar refractivity (Wildman–Crippen MR) is 69.3 cm³/mol. The molecule has 0 fully saturated rings. The van der Waals surface area contributed by atoms with E-state index in [-0.39, 0.29) is 0 Å². The van der Waals surface area contributed by atoms with Gasteiger partial charge in [0.15, 0.2) is 0 Å². The molecule has 1 nitrogen and oxygen atoms in total. The Bertz CT molecular complexity index is 248. The van der Waals surface area contributed by atoms with Gasteiger partial charge in [-0.25, -0.2) is 0 Å². The fraction of sp³-hybridized carbons (Fsp3) is 0.846. The van der Waals surface area contributed by atoms with E-state index in [4.69, 9.17) is 4.43 Å². The summed E-state index contributed by atoms with van der Waals surface area (Å²) in [7, 11) is -1.43. The van der Waals surface area contributed by atoms with Gasteiger partial charge in [0.2, 0.25) is 8.32 Å². The van der Waals surface area contributed by atoms with Crippen LogP contribution >= 0.6 is 0 Å². The maximum atomic E-state index is 6.16. The topological polar surface area (TPSA) is 9.23 Å². The first-order valence-electron chi connectivity index (χ1n) is 6.08. The summed E-state index contributed by atoms with van der Waals surface area (Å²) >= 11 is 0. The monoisotopic (exact) mass is 226 g/mol. The Morgan fingerprint density at radius 3 is 2.47 bits per heavy atom. The highest BCUT2D eigenvalue weighted by Crippen LogP contribution is 2.37. The average Bonchev–Trinajstić information content (AvgIpc) is 2.06. The van der Waals surface area contributed by atoms with E-state index in [1.165, 1.54) is 18.6 Å². The van der Waals surface area contributed by atoms with Gasteiger partial charge in [0.05, 0.1) is 5.76 Å². The standard InChI is InChI=1S/C13H26OSi/c1-11-7-8-13(2,3)10-12(9-11)14-15(4,5)6/h9,11H,7-8,10H2,1-6H3. The van der Waals surface area contributed by atoms with E-state index in [0.717, 1.165) is 6.42 Å². The molecule has 0 spiro atoms. The largest absolute Gasteiger partial charge is 0.548 e. The van der Waals surface area contributed by atoms with Gasteiger partial charge >= 0.3 is 0 Å². The third-order valence-corrected chi connectivity index (χ3v) is 3.71. The lowest BCUT2D eigenvalue weighted by Gasteiger charge is -2.27. The van der Waals surface area contributed by atoms with Gasteiger partial charge in [-0.15, -0.1) is 0 Å². The molecule has 0 amide bonds. The van der Waals surface area contributed by atoms with E-state index in [1.807, 2.05) is 0 Å². The van der Waals surface area contributed by atoms with Gasteiger partial charge in [0.25, 0.3) is 0 Å². The minimum absolute atomic E-state index is 0.413. The van der Waals surface area contributed by atoms with Crippen molar-refractivity contribution in [3.05, 3.63) is 11.8 Å². The van der Waals surface area contributed by atoms with Crippen LogP contribution in [0.5, 0.6) is 0 Å². The normalized spacial score (nSPS) is 26.8. The SMILES string of the molecule is CC1C=C(O[Si](C)(C)C)CC(C)(C)CC1. The van der Waals surface area contributed by atoms with E-state index in [0.29, 0.717) is 11.3 Å². The average molecular weight is 226 g/mol. The van der Waals surface area contributed by atoms with Crippen molar-refractivity contribution in [2.75, 3.05) is 0 Å². The first-order chi connectivity index (χ1) is 6.68. The summed E-state index contributed by atoms with van der Waals surface area (Å²) in [6.07, 6.45) is 6.07. The zero-order chi connectivity index (χ0) is 11.7. The van der Waals surface area contributed by atoms with Crippen molar-refractivity contribution in [1.29, 1.82) is 0 Å². The second kappa shape index (κ2) is 4.32. The van der Waals surface area contributed by atoms with Gasteiger partial charge in [-0.1, -0.05) is 20.8 Å². The molecule has 88 valence electrons. The summed E-state index contributed by atoms with van der Waals surface area (Å²) in [4.78, 5) is 0. The van der Waals surface area contributed by atoms with Crippen molar-refractivity contribution in [3.63, 3.8) is 0 Å². The summed E-state index contributed by atoms with van der Waals surface area (Å²) in [5, 5.41) is 0. The van der Waals surface area contributed by atoms with Crippen LogP contribution in [0.4, 0.5) is 0 Å². The molecule has 2 heteroatoms. The van der Waals surface area contributed by atoms with E-state index >= 15 is 0 Å². The molecule has 0 heterocycles. The maximum absolute atomic E-state index is 6.16. The van der Waals surface area contributed by atoms with Crippen molar-refractivity contribution in [1.82, 2.24) is 0 Å². The van der Waals surface area contributed by atoms with Crippen LogP contribution in [0.15, 0.2) is 11.8 Å². The second-order valence-electron chi connectivity index (χ2n) is 6.70. The van der Waals surface area contributed by atoms with Gasteiger partial charge in [0.1, 0.15) is 0 Å². The fourth-order valence-electron chi connectivity index (χ4n) is 2.10. The first-order valence-corrected chi connectivity index (χ1v) is 9.48. The zero-order valence-electron chi connectivity index (χ0n) is 11.2. The third-order valence-electron chi connectivity index (χ3n) is 2.84. The Morgan fingerprint density at radius 2 is 1.93 bits per heavy atom. The molecule has 1 aliphatic carbocycles. The Morgan fingerprint density at radius 1 is 1.33 bits per heavy atom. The lowest BCUT2D eigenvalue weighted by atomic mass is 9.84. The van der Waals surface area contributed by atoms with Gasteiger partial charge in [-0.2, -0.15) is 0 Å². The summed E-state index contributed by atoms with van der Waals surface area (Å²) in [5.41, 5.74) is 0.413. The molecule has 1 unspecified atom stereocenters. The van der Waals surface area contributed by atoms with Crippen molar-refractivity contribution < 1.29 is 4.43 Å². The van der Waals surface area contributed by atoms with Crippen LogP contribution in [-0.2, 0) is 4.43 Å². The maximum Gasteiger partial charge on any atom is 0.241 e. The Hall–Kier alpha value is -0.243. The smallest absolute Gasteiger partial charge is 0.241 e. The molecule has 0 N–H and O–H groups in total. The van der Waals surface area contributed by atoms with Crippen LogP contribution in [0.25, 0.3) is 0 Å². The van der Waals surface area contributed by atoms with Crippen molar-refractivity contribution >= 4 is 8.32 Å². The molecular formula is C13H26OSi. The van der Waals surface area contributed by atoms with Crippen LogP contribution in [0.1, 0.15) is 40.0 Å². The van der Waals surface area contributed by atoms with Gasteiger partial charge < -0.3 is 4.43 Å². The summed E-state index contributed by atoms with van der Waals surface area (Å²) in [5.74, 6) is 1.93. The van der Waals surface area contributed by atoms with E-state index in [9.17, 15) is 0 Å². The van der Waals surface area contributed by atoms with E-state index in [1.54, 1.807) is 0 Å². The summed E-state index contributed by atoms with van der Waals surface area (Å²) in [6, 6.07) is 0. The van der Waals surface area contributed by atoms with Crippen molar-refractivity contribution in [3.8, 4) is 0 Å². The Balaban J connectivity index is 2.75. The summed E-state index contributed by atoms with van der Waals surface area (Å²) in [6.45, 7) is 13.8. The van der Waals surface area contributed by atoms with Crippen LogP contribution in [0, 0.1) is 11.3 Å². The number of rotatable bonds is 2. The Labute approximate surface area is 96.0 Å². The molecule has 0 aromatic carbocycles. The molecule has 0 radical (unpaired) electrons. The highest BCUT2D eigenvalue weighted by Gasteiger charge is 2.27. The van der Waals surface area contributed by atoms with Crippen LogP contribution in [-0.4, -0.2) is 8.32 Å². The first kappa shape index (κ1) is 12.8. The quantitative estimate of drug-likeness (QED) is 0.627. The molecular weight excluding hydrogens is 200 g/mol. The van der Waals surface area contributed by atoms with Crippen molar-refractivity contribution in [2.45, 2.75) is 59.7 Å². The van der Waals surface area contributed by atoms with Gasteiger partial charge in [-0.05, 0) is 49.9 Å². The van der Waals surface area contributed by atoms with E-state index < -0.39 is 8.32 Å². The molecule has 1 rings (SSSR count). The summed E-state index contributed by atoms with van der Waals surface area (Å²) < 4.78 is 6.16. The lowest BCUT2D eigenvalue weighted by molar-refractivity contribution is 0.276. The highest BCUT2D eigenvalue weighted by molar-refractivity contribution is 6.70. The van der Waals surface area contributed by atoms with Crippen LogP contribution < -0.4 is 0 Å². The van der Waals surface area contributed by atoms with Crippen molar-refractivity contribution in [2.24, 2.45) is 11.3 Å². The zero-order valence-corrected chi connectivity index (χ0v) is 12.2. The molecule has 1 aliphatic rings. The number of hydrogen-bond acceptors (Lipinski definition) is 1. The number of hydrogen-bond donors (Lipinski definition) is 0. The molecule has 0 bridgehead atoms. The lowest BCUT2D eigenvalue weighted by Crippen LogP contribution is -2.26. The van der Waals surface area contributed by atoms with Crippen LogP contribution in [0.3, 0.4) is 0 Å². The van der Waals surface area contributed by atoms with Gasteiger partial charge in [0, 0.05) is 6.42 Å². The Kier molecular flexibility index (Phi) is 3.70. The van der Waals surface area contributed by atoms with Gasteiger partial charge in [-0.3, -0.25) is 0 Å². The van der Waals surface area contributed by atoms with E-state index in [2.05, 4.69) is 46.5 Å². The second-order valence-corrected chi connectivity index (χ2v) is 11.1. The molecule has 0 aromatic rings. The molecule has 1 atom stereocenters. The molecule has 0 saturated heterocycles.